The maximum absolute atomic E-state index is 5.96. The second-order valence-electron chi connectivity index (χ2n) is 3.39. The molecule has 0 saturated carbocycles. The quantitative estimate of drug-likeness (QED) is 0.790. The van der Waals surface area contributed by atoms with Crippen LogP contribution in [0.1, 0.15) is 11.8 Å². The number of aromatic nitrogens is 2. The third-order valence-electron chi connectivity index (χ3n) is 2.06. The molecule has 4 nitrogen and oxygen atoms in total. The van der Waals surface area contributed by atoms with Gasteiger partial charge in [0.25, 0.3) is 5.89 Å². The van der Waals surface area contributed by atoms with Gasteiger partial charge in [0.05, 0.1) is 5.02 Å². The summed E-state index contributed by atoms with van der Waals surface area (Å²) in [6, 6.07) is 4.97. The van der Waals surface area contributed by atoms with Crippen LogP contribution in [0, 0.1) is 0 Å². The van der Waals surface area contributed by atoms with Crippen LogP contribution in [0.2, 0.25) is 10.0 Å². The number of ether oxygens (including phenoxy) is 1. The fraction of sp³-hybridized carbons (Fsp3) is 0.273. The molecule has 0 amide bonds. The summed E-state index contributed by atoms with van der Waals surface area (Å²) < 4.78 is 10.8. The molecule has 0 bridgehead atoms. The molecule has 0 atom stereocenters. The highest BCUT2D eigenvalue weighted by molar-refractivity contribution is 6.35. The normalized spacial score (nSPS) is 10.6. The van der Waals surface area contributed by atoms with Crippen molar-refractivity contribution >= 4 is 34.8 Å². The minimum absolute atomic E-state index is 0.149. The van der Waals surface area contributed by atoms with E-state index < -0.39 is 0 Å². The van der Waals surface area contributed by atoms with Crippen molar-refractivity contribution in [3.63, 3.8) is 0 Å². The molecule has 2 aromatic rings. The molecule has 0 aliphatic rings. The van der Waals surface area contributed by atoms with Crippen molar-refractivity contribution in [2.45, 2.75) is 13.0 Å². The molecule has 18 heavy (non-hydrogen) atoms. The van der Waals surface area contributed by atoms with Gasteiger partial charge in [0.1, 0.15) is 5.75 Å². The Morgan fingerprint density at radius 3 is 2.67 bits per heavy atom. The van der Waals surface area contributed by atoms with Gasteiger partial charge in [-0.15, -0.1) is 21.8 Å². The Bertz CT molecular complexity index is 531. The summed E-state index contributed by atoms with van der Waals surface area (Å²) in [5.74, 6) is 1.82. The zero-order valence-corrected chi connectivity index (χ0v) is 11.5. The van der Waals surface area contributed by atoms with E-state index in [1.165, 1.54) is 0 Å². The molecule has 0 fully saturated rings. The van der Waals surface area contributed by atoms with Gasteiger partial charge in [-0.25, -0.2) is 0 Å². The number of aryl methyl sites for hydroxylation is 1. The van der Waals surface area contributed by atoms with E-state index in [0.717, 1.165) is 0 Å². The molecule has 0 spiro atoms. The molecule has 7 heteroatoms. The van der Waals surface area contributed by atoms with E-state index in [9.17, 15) is 0 Å². The molecule has 96 valence electrons. The SMILES string of the molecule is ClCCc1nnc(COc2ccc(Cl)cc2Cl)o1. The maximum Gasteiger partial charge on any atom is 0.253 e. The van der Waals surface area contributed by atoms with Crippen LogP contribution in [0.4, 0.5) is 0 Å². The van der Waals surface area contributed by atoms with E-state index in [-0.39, 0.29) is 6.61 Å². The molecule has 0 aliphatic heterocycles. The van der Waals surface area contributed by atoms with Crippen LogP contribution in [0.15, 0.2) is 22.6 Å². The van der Waals surface area contributed by atoms with Crippen molar-refractivity contribution in [2.24, 2.45) is 0 Å². The molecule has 0 unspecified atom stereocenters. The van der Waals surface area contributed by atoms with E-state index >= 15 is 0 Å². The van der Waals surface area contributed by atoms with Crippen LogP contribution in [0.25, 0.3) is 0 Å². The Labute approximate surface area is 119 Å². The number of halogens is 3. The number of nitrogens with zero attached hydrogens (tertiary/aromatic N) is 2. The van der Waals surface area contributed by atoms with Gasteiger partial charge >= 0.3 is 0 Å². The molecular formula is C11H9Cl3N2O2. The lowest BCUT2D eigenvalue weighted by molar-refractivity contribution is 0.259. The summed E-state index contributed by atoms with van der Waals surface area (Å²) in [5, 5.41) is 8.63. The van der Waals surface area contributed by atoms with E-state index in [1.54, 1.807) is 18.2 Å². The standard InChI is InChI=1S/C11H9Cl3N2O2/c12-4-3-10-15-16-11(18-10)6-17-9-2-1-7(13)5-8(9)14/h1-2,5H,3-4,6H2. The highest BCUT2D eigenvalue weighted by atomic mass is 35.5. The first-order chi connectivity index (χ1) is 8.69. The Hall–Kier alpha value is -0.970. The highest BCUT2D eigenvalue weighted by Gasteiger charge is 2.08. The minimum Gasteiger partial charge on any atom is -0.482 e. The number of rotatable bonds is 5. The lowest BCUT2D eigenvalue weighted by atomic mass is 10.3. The van der Waals surface area contributed by atoms with Crippen molar-refractivity contribution in [2.75, 3.05) is 5.88 Å². The van der Waals surface area contributed by atoms with Crippen molar-refractivity contribution in [1.29, 1.82) is 0 Å². The molecule has 0 saturated heterocycles. The molecule has 0 N–H and O–H groups in total. The first-order valence-electron chi connectivity index (χ1n) is 5.14. The summed E-state index contributed by atoms with van der Waals surface area (Å²) in [7, 11) is 0. The van der Waals surface area contributed by atoms with Gasteiger partial charge in [0.15, 0.2) is 6.61 Å². The summed E-state index contributed by atoms with van der Waals surface area (Å²) >= 11 is 17.3. The van der Waals surface area contributed by atoms with Crippen molar-refractivity contribution in [1.82, 2.24) is 10.2 Å². The molecule has 0 radical (unpaired) electrons. The monoisotopic (exact) mass is 306 g/mol. The number of benzene rings is 1. The van der Waals surface area contributed by atoms with Crippen LogP contribution >= 0.6 is 34.8 Å². The van der Waals surface area contributed by atoms with Gasteiger partial charge in [-0.3, -0.25) is 0 Å². The van der Waals surface area contributed by atoms with E-state index in [2.05, 4.69) is 10.2 Å². The van der Waals surface area contributed by atoms with Crippen LogP contribution in [0.5, 0.6) is 5.75 Å². The summed E-state index contributed by atoms with van der Waals surface area (Å²) in [5.41, 5.74) is 0. The minimum atomic E-state index is 0.149. The molecule has 1 aromatic carbocycles. The van der Waals surface area contributed by atoms with Gasteiger partial charge in [-0.05, 0) is 18.2 Å². The Morgan fingerprint density at radius 2 is 1.94 bits per heavy atom. The summed E-state index contributed by atoms with van der Waals surface area (Å²) in [6.45, 7) is 0.149. The topological polar surface area (TPSA) is 48.2 Å². The van der Waals surface area contributed by atoms with E-state index in [4.69, 9.17) is 44.0 Å². The Kier molecular flexibility index (Phi) is 4.69. The smallest absolute Gasteiger partial charge is 0.253 e. The average Bonchev–Trinajstić information content (AvgIpc) is 2.76. The van der Waals surface area contributed by atoms with Crippen LogP contribution in [0.3, 0.4) is 0 Å². The Morgan fingerprint density at radius 1 is 1.17 bits per heavy atom. The molecule has 2 rings (SSSR count). The van der Waals surface area contributed by atoms with Crippen LogP contribution in [-0.2, 0) is 13.0 Å². The molecule has 1 aromatic heterocycles. The van der Waals surface area contributed by atoms with Crippen LogP contribution in [-0.4, -0.2) is 16.1 Å². The van der Waals surface area contributed by atoms with Crippen molar-refractivity contribution < 1.29 is 9.15 Å². The van der Waals surface area contributed by atoms with Gasteiger partial charge in [0, 0.05) is 17.3 Å². The van der Waals surface area contributed by atoms with Crippen molar-refractivity contribution in [3.8, 4) is 5.75 Å². The van der Waals surface area contributed by atoms with E-state index in [1.807, 2.05) is 0 Å². The number of hydrogen-bond acceptors (Lipinski definition) is 4. The first kappa shape index (κ1) is 13.5. The second kappa shape index (κ2) is 6.27. The maximum atomic E-state index is 5.96. The first-order valence-corrected chi connectivity index (χ1v) is 6.43. The zero-order chi connectivity index (χ0) is 13.0. The Balaban J connectivity index is 1.97. The van der Waals surface area contributed by atoms with E-state index in [0.29, 0.717) is 39.9 Å². The largest absolute Gasteiger partial charge is 0.482 e. The fourth-order valence-electron chi connectivity index (χ4n) is 1.26. The van der Waals surface area contributed by atoms with Crippen molar-refractivity contribution in [3.05, 3.63) is 40.0 Å². The second-order valence-corrected chi connectivity index (χ2v) is 4.61. The summed E-state index contributed by atoms with van der Waals surface area (Å²) in [4.78, 5) is 0. The third-order valence-corrected chi connectivity index (χ3v) is 2.78. The van der Waals surface area contributed by atoms with Gasteiger partial charge in [0.2, 0.25) is 5.89 Å². The van der Waals surface area contributed by atoms with Gasteiger partial charge in [-0.2, -0.15) is 0 Å². The van der Waals surface area contributed by atoms with Crippen LogP contribution < -0.4 is 4.74 Å². The number of hydrogen-bond donors (Lipinski definition) is 0. The lowest BCUT2D eigenvalue weighted by Crippen LogP contribution is -1.96. The molecule has 1 heterocycles. The fourth-order valence-corrected chi connectivity index (χ4v) is 1.89. The highest BCUT2D eigenvalue weighted by Crippen LogP contribution is 2.28. The average molecular weight is 308 g/mol. The molecule has 0 aliphatic carbocycles. The molecular weight excluding hydrogens is 298 g/mol. The predicted octanol–water partition coefficient (Wildman–Crippen LogP) is 3.74. The third kappa shape index (κ3) is 3.51. The summed E-state index contributed by atoms with van der Waals surface area (Å²) in [6.07, 6.45) is 0.538. The van der Waals surface area contributed by atoms with Gasteiger partial charge in [-0.1, -0.05) is 23.2 Å². The zero-order valence-electron chi connectivity index (χ0n) is 9.20. The number of alkyl halides is 1. The lowest BCUT2D eigenvalue weighted by Gasteiger charge is -2.05. The van der Waals surface area contributed by atoms with Gasteiger partial charge < -0.3 is 9.15 Å². The predicted molar refractivity (Wildman–Crippen MR) is 69.5 cm³/mol.